The van der Waals surface area contributed by atoms with Crippen molar-refractivity contribution in [2.75, 3.05) is 6.54 Å². The Labute approximate surface area is 126 Å². The number of carboxylic acids is 1. The number of hydrogen-bond donors (Lipinski definition) is 2. The number of nitrogens with one attached hydrogen (secondary N) is 1. The van der Waals surface area contributed by atoms with Crippen molar-refractivity contribution < 1.29 is 14.7 Å². The molecule has 0 unspecified atom stereocenters. The summed E-state index contributed by atoms with van der Waals surface area (Å²) in [5.74, 6) is -0.581. The highest BCUT2D eigenvalue weighted by Crippen LogP contribution is 2.15. The van der Waals surface area contributed by atoms with Crippen molar-refractivity contribution in [2.24, 2.45) is 11.8 Å². The molecule has 0 bridgehead atoms. The lowest BCUT2D eigenvalue weighted by Crippen LogP contribution is -2.31. The van der Waals surface area contributed by atoms with E-state index < -0.39 is 5.97 Å². The van der Waals surface area contributed by atoms with E-state index >= 15 is 0 Å². The molecule has 5 heteroatoms. The number of carbonyl (C=O) groups excluding carboxylic acids is 1. The molecule has 1 aromatic carbocycles. The molecule has 0 aliphatic rings. The number of rotatable bonds is 7. The average Bonchev–Trinajstić information content (AvgIpc) is 2.35. The van der Waals surface area contributed by atoms with Gasteiger partial charge in [0.2, 0.25) is 0 Å². The lowest BCUT2D eigenvalue weighted by molar-refractivity contribution is -0.138. The Balaban J connectivity index is 0.00000361. The number of carboxylic acid groups (broad SMARTS) is 1. The third-order valence-electron chi connectivity index (χ3n) is 2.86. The van der Waals surface area contributed by atoms with E-state index in [1.54, 1.807) is 24.3 Å². The maximum atomic E-state index is 11.9. The zero-order valence-electron chi connectivity index (χ0n) is 11.8. The van der Waals surface area contributed by atoms with Crippen LogP contribution < -0.4 is 5.32 Å². The van der Waals surface area contributed by atoms with Crippen molar-refractivity contribution in [1.29, 1.82) is 0 Å². The molecule has 0 saturated carbocycles. The minimum absolute atomic E-state index is 0. The van der Waals surface area contributed by atoms with Gasteiger partial charge in [0.05, 0.1) is 0 Å². The predicted molar refractivity (Wildman–Crippen MR) is 81.2 cm³/mol. The van der Waals surface area contributed by atoms with Crippen molar-refractivity contribution in [2.45, 2.75) is 26.7 Å². The van der Waals surface area contributed by atoms with E-state index in [1.807, 2.05) is 19.9 Å². The zero-order valence-corrected chi connectivity index (χ0v) is 12.7. The average molecular weight is 300 g/mol. The SMILES string of the molecule is CC(C)C[C@H](CNC(=O)c1ccccc1)CC(=O)O.Cl. The summed E-state index contributed by atoms with van der Waals surface area (Å²) in [5.41, 5.74) is 0.598. The van der Waals surface area contributed by atoms with E-state index in [-0.39, 0.29) is 30.7 Å². The molecule has 0 spiro atoms. The molecule has 0 fully saturated rings. The molecule has 112 valence electrons. The number of aliphatic carboxylic acids is 1. The molecule has 1 amide bonds. The molecule has 0 aromatic heterocycles. The first-order valence-electron chi connectivity index (χ1n) is 6.54. The first-order valence-corrected chi connectivity index (χ1v) is 6.54. The summed E-state index contributed by atoms with van der Waals surface area (Å²) in [4.78, 5) is 22.7. The Kier molecular flexibility index (Phi) is 8.64. The van der Waals surface area contributed by atoms with Crippen LogP contribution >= 0.6 is 12.4 Å². The molecule has 0 radical (unpaired) electrons. The summed E-state index contributed by atoms with van der Waals surface area (Å²) in [6, 6.07) is 8.94. The molecule has 0 saturated heterocycles. The molecule has 1 aromatic rings. The van der Waals surface area contributed by atoms with Crippen LogP contribution in [0.5, 0.6) is 0 Å². The van der Waals surface area contributed by atoms with E-state index in [0.29, 0.717) is 18.0 Å². The standard InChI is InChI=1S/C15H21NO3.ClH/c1-11(2)8-12(9-14(17)18)10-16-15(19)13-6-4-3-5-7-13;/h3-7,11-12H,8-10H2,1-2H3,(H,16,19)(H,17,18);1H/t12-;/m0./s1. The third-order valence-corrected chi connectivity index (χ3v) is 2.86. The fourth-order valence-electron chi connectivity index (χ4n) is 2.08. The molecule has 0 heterocycles. The Morgan fingerprint density at radius 1 is 1.20 bits per heavy atom. The molecule has 2 N–H and O–H groups in total. The summed E-state index contributed by atoms with van der Waals surface area (Å²) in [6.45, 7) is 4.50. The molecule has 20 heavy (non-hydrogen) atoms. The molecular formula is C15H22ClNO3. The van der Waals surface area contributed by atoms with Gasteiger partial charge in [-0.15, -0.1) is 12.4 Å². The fourth-order valence-corrected chi connectivity index (χ4v) is 2.08. The lowest BCUT2D eigenvalue weighted by Gasteiger charge is -2.17. The molecule has 0 aliphatic carbocycles. The Bertz CT molecular complexity index is 420. The van der Waals surface area contributed by atoms with Gasteiger partial charge < -0.3 is 10.4 Å². The van der Waals surface area contributed by atoms with Gasteiger partial charge in [0.25, 0.3) is 5.91 Å². The summed E-state index contributed by atoms with van der Waals surface area (Å²) in [7, 11) is 0. The van der Waals surface area contributed by atoms with Crippen LogP contribution in [-0.2, 0) is 4.79 Å². The number of amides is 1. The second kappa shape index (κ2) is 9.37. The van der Waals surface area contributed by atoms with Gasteiger partial charge in [0.15, 0.2) is 0 Å². The number of carbonyl (C=O) groups is 2. The van der Waals surface area contributed by atoms with Gasteiger partial charge in [-0.2, -0.15) is 0 Å². The molecule has 1 rings (SSSR count). The van der Waals surface area contributed by atoms with Gasteiger partial charge in [0, 0.05) is 18.5 Å². The van der Waals surface area contributed by atoms with Crippen LogP contribution in [0.25, 0.3) is 0 Å². The highest BCUT2D eigenvalue weighted by atomic mass is 35.5. The summed E-state index contributed by atoms with van der Waals surface area (Å²) < 4.78 is 0. The molecule has 0 aliphatic heterocycles. The number of hydrogen-bond acceptors (Lipinski definition) is 2. The van der Waals surface area contributed by atoms with Gasteiger partial charge in [-0.25, -0.2) is 0 Å². The van der Waals surface area contributed by atoms with E-state index in [2.05, 4.69) is 5.32 Å². The maximum absolute atomic E-state index is 11.9. The first-order chi connectivity index (χ1) is 8.99. The van der Waals surface area contributed by atoms with Gasteiger partial charge in [-0.3, -0.25) is 9.59 Å². The van der Waals surface area contributed by atoms with Gasteiger partial charge in [-0.05, 0) is 30.4 Å². The van der Waals surface area contributed by atoms with Crippen LogP contribution in [0.1, 0.15) is 37.0 Å². The second-order valence-corrected chi connectivity index (χ2v) is 5.17. The highest BCUT2D eigenvalue weighted by Gasteiger charge is 2.16. The van der Waals surface area contributed by atoms with Crippen molar-refractivity contribution in [3.8, 4) is 0 Å². The van der Waals surface area contributed by atoms with Crippen molar-refractivity contribution in [1.82, 2.24) is 5.32 Å². The Morgan fingerprint density at radius 3 is 2.30 bits per heavy atom. The van der Waals surface area contributed by atoms with E-state index in [1.165, 1.54) is 0 Å². The fraction of sp³-hybridized carbons (Fsp3) is 0.467. The van der Waals surface area contributed by atoms with Crippen molar-refractivity contribution >= 4 is 24.3 Å². The third kappa shape index (κ3) is 7.14. The smallest absolute Gasteiger partial charge is 0.303 e. The van der Waals surface area contributed by atoms with E-state index in [9.17, 15) is 9.59 Å². The summed E-state index contributed by atoms with van der Waals surface area (Å²) in [6.07, 6.45) is 0.884. The minimum Gasteiger partial charge on any atom is -0.481 e. The van der Waals surface area contributed by atoms with E-state index in [4.69, 9.17) is 5.11 Å². The van der Waals surface area contributed by atoms with Crippen LogP contribution in [0, 0.1) is 11.8 Å². The van der Waals surface area contributed by atoms with Crippen LogP contribution in [0.15, 0.2) is 30.3 Å². The molecular weight excluding hydrogens is 278 g/mol. The van der Waals surface area contributed by atoms with Crippen molar-refractivity contribution in [3.05, 3.63) is 35.9 Å². The highest BCUT2D eigenvalue weighted by molar-refractivity contribution is 5.94. The summed E-state index contributed by atoms with van der Waals surface area (Å²) >= 11 is 0. The predicted octanol–water partition coefficient (Wildman–Crippen LogP) is 2.98. The van der Waals surface area contributed by atoms with Gasteiger partial charge in [-0.1, -0.05) is 32.0 Å². The van der Waals surface area contributed by atoms with Gasteiger partial charge >= 0.3 is 5.97 Å². The minimum atomic E-state index is -0.820. The quantitative estimate of drug-likeness (QED) is 0.813. The summed E-state index contributed by atoms with van der Waals surface area (Å²) in [5, 5.41) is 11.7. The van der Waals surface area contributed by atoms with Crippen LogP contribution in [0.3, 0.4) is 0 Å². The maximum Gasteiger partial charge on any atom is 0.303 e. The molecule has 1 atom stereocenters. The topological polar surface area (TPSA) is 66.4 Å². The second-order valence-electron chi connectivity index (χ2n) is 5.17. The normalized spacial score (nSPS) is 11.6. The lowest BCUT2D eigenvalue weighted by atomic mass is 9.94. The molecule has 4 nitrogen and oxygen atoms in total. The van der Waals surface area contributed by atoms with Crippen molar-refractivity contribution in [3.63, 3.8) is 0 Å². The largest absolute Gasteiger partial charge is 0.481 e. The van der Waals surface area contributed by atoms with Gasteiger partial charge in [0.1, 0.15) is 0 Å². The number of halogens is 1. The van der Waals surface area contributed by atoms with Crippen LogP contribution in [-0.4, -0.2) is 23.5 Å². The van der Waals surface area contributed by atoms with Crippen LogP contribution in [0.4, 0.5) is 0 Å². The Hall–Kier alpha value is -1.55. The monoisotopic (exact) mass is 299 g/mol. The number of benzene rings is 1. The zero-order chi connectivity index (χ0) is 14.3. The van der Waals surface area contributed by atoms with Crippen LogP contribution in [0.2, 0.25) is 0 Å². The van der Waals surface area contributed by atoms with E-state index in [0.717, 1.165) is 6.42 Å². The first kappa shape index (κ1) is 18.4. The Morgan fingerprint density at radius 2 is 1.80 bits per heavy atom.